The van der Waals surface area contributed by atoms with Crippen molar-refractivity contribution in [3.63, 3.8) is 0 Å². The number of aromatic amines is 1. The van der Waals surface area contributed by atoms with Gasteiger partial charge in [-0.15, -0.1) is 0 Å². The molecule has 7 nitrogen and oxygen atoms in total. The minimum Gasteiger partial charge on any atom is -0.465 e. The van der Waals surface area contributed by atoms with Gasteiger partial charge in [-0.25, -0.2) is 9.89 Å². The number of hydrogen-bond acceptors (Lipinski definition) is 6. The highest BCUT2D eigenvalue weighted by atomic mass is 32.2. The Morgan fingerprint density at radius 3 is 3.00 bits per heavy atom. The zero-order valence-electron chi connectivity index (χ0n) is 10.7. The second-order valence-electron chi connectivity index (χ2n) is 4.60. The minimum atomic E-state index is -0.559. The molecule has 0 unspecified atom stereocenters. The molecule has 1 fully saturated rings. The molecule has 0 aromatic carbocycles. The lowest BCUT2D eigenvalue weighted by Crippen LogP contribution is -2.24. The van der Waals surface area contributed by atoms with Crippen molar-refractivity contribution < 1.29 is 14.6 Å². The van der Waals surface area contributed by atoms with Gasteiger partial charge in [0.2, 0.25) is 0 Å². The fourth-order valence-corrected chi connectivity index (χ4v) is 3.56. The Morgan fingerprint density at radius 2 is 2.35 bits per heavy atom. The van der Waals surface area contributed by atoms with Gasteiger partial charge >= 0.3 is 5.97 Å². The van der Waals surface area contributed by atoms with Crippen LogP contribution in [0.2, 0.25) is 0 Å². The van der Waals surface area contributed by atoms with Crippen LogP contribution in [0.5, 0.6) is 0 Å². The van der Waals surface area contributed by atoms with Gasteiger partial charge in [0.15, 0.2) is 0 Å². The molecular formula is C12H13N3O4S. The molecule has 8 heteroatoms. The minimum absolute atomic E-state index is 0.165. The van der Waals surface area contributed by atoms with Crippen LogP contribution in [0, 0.1) is 0 Å². The van der Waals surface area contributed by atoms with Crippen LogP contribution < -0.4 is 5.56 Å². The van der Waals surface area contributed by atoms with Crippen molar-refractivity contribution in [2.45, 2.75) is 12.1 Å². The van der Waals surface area contributed by atoms with E-state index in [9.17, 15) is 14.7 Å². The number of esters is 1. The van der Waals surface area contributed by atoms with E-state index in [-0.39, 0.29) is 17.2 Å². The Hall–Kier alpha value is -1.80. The third kappa shape index (κ3) is 2.01. The monoisotopic (exact) mass is 295 g/mol. The molecule has 0 bridgehead atoms. The van der Waals surface area contributed by atoms with E-state index in [1.165, 1.54) is 7.11 Å². The largest absolute Gasteiger partial charge is 0.465 e. The second-order valence-corrected chi connectivity index (χ2v) is 5.67. The van der Waals surface area contributed by atoms with Crippen molar-refractivity contribution in [3.05, 3.63) is 28.3 Å². The van der Waals surface area contributed by atoms with Gasteiger partial charge in [-0.2, -0.15) is 16.9 Å². The number of nitrogens with one attached hydrogen (secondary N) is 1. The number of hydrogen-bond donors (Lipinski definition) is 2. The number of pyridine rings is 1. The van der Waals surface area contributed by atoms with Crippen molar-refractivity contribution in [3.8, 4) is 11.3 Å². The number of rotatable bonds is 2. The molecule has 2 atom stereocenters. The molecule has 0 amide bonds. The van der Waals surface area contributed by atoms with Gasteiger partial charge in [-0.3, -0.25) is 4.79 Å². The summed E-state index contributed by atoms with van der Waals surface area (Å²) in [4.78, 5) is 23.6. The summed E-state index contributed by atoms with van der Waals surface area (Å²) in [5, 5.41) is 16.1. The van der Waals surface area contributed by atoms with Crippen LogP contribution in [-0.2, 0) is 4.74 Å². The highest BCUT2D eigenvalue weighted by molar-refractivity contribution is 7.99. The Morgan fingerprint density at radius 1 is 1.55 bits per heavy atom. The number of carbonyl (C=O) groups is 1. The van der Waals surface area contributed by atoms with Crippen molar-refractivity contribution in [1.82, 2.24) is 14.8 Å². The number of aliphatic hydroxyl groups is 1. The normalized spacial score (nSPS) is 22.3. The van der Waals surface area contributed by atoms with E-state index in [0.29, 0.717) is 17.0 Å². The number of fused-ring (bicyclic) bond motifs is 1. The average molecular weight is 295 g/mol. The summed E-state index contributed by atoms with van der Waals surface area (Å²) in [6, 6.07) is -0.165. The molecule has 0 radical (unpaired) electrons. The molecule has 3 aliphatic heterocycles. The first-order valence-electron chi connectivity index (χ1n) is 6.06. The highest BCUT2D eigenvalue weighted by Crippen LogP contribution is 2.31. The Labute approximate surface area is 118 Å². The molecule has 0 aliphatic carbocycles. The van der Waals surface area contributed by atoms with E-state index in [2.05, 4.69) is 10.2 Å². The number of H-pyrrole nitrogens is 1. The lowest BCUT2D eigenvalue weighted by molar-refractivity contribution is 0.0599. The first-order chi connectivity index (χ1) is 9.61. The van der Waals surface area contributed by atoms with Gasteiger partial charge in [0.05, 0.1) is 24.8 Å². The number of thioether (sulfide) groups is 1. The number of nitrogens with zero attached hydrogens (tertiary/aromatic N) is 2. The van der Waals surface area contributed by atoms with Gasteiger partial charge < -0.3 is 14.4 Å². The van der Waals surface area contributed by atoms with Crippen molar-refractivity contribution in [2.75, 3.05) is 18.6 Å². The summed E-state index contributed by atoms with van der Waals surface area (Å²) in [5.41, 5.74) is 0.460. The topological polar surface area (TPSA) is 97.2 Å². The first kappa shape index (κ1) is 13.2. The Kier molecular flexibility index (Phi) is 3.27. The summed E-state index contributed by atoms with van der Waals surface area (Å²) >= 11 is 1.63. The highest BCUT2D eigenvalue weighted by Gasteiger charge is 2.30. The predicted molar refractivity (Wildman–Crippen MR) is 73.2 cm³/mol. The third-order valence-electron chi connectivity index (χ3n) is 3.39. The summed E-state index contributed by atoms with van der Waals surface area (Å²) in [6.45, 7) is 0. The fourth-order valence-electron chi connectivity index (χ4n) is 2.32. The lowest BCUT2D eigenvalue weighted by atomic mass is 10.1. The smallest absolute Gasteiger partial charge is 0.341 e. The van der Waals surface area contributed by atoms with Crippen LogP contribution in [0.3, 0.4) is 0 Å². The van der Waals surface area contributed by atoms with Gasteiger partial charge in [0.25, 0.3) is 5.56 Å². The Bertz CT molecular complexity index is 680. The molecule has 3 heterocycles. The summed E-state index contributed by atoms with van der Waals surface area (Å²) in [7, 11) is 1.27. The van der Waals surface area contributed by atoms with Crippen LogP contribution in [0.15, 0.2) is 17.2 Å². The van der Waals surface area contributed by atoms with Crippen molar-refractivity contribution in [1.29, 1.82) is 0 Å². The van der Waals surface area contributed by atoms with Crippen LogP contribution in [0.25, 0.3) is 11.3 Å². The van der Waals surface area contributed by atoms with Crippen molar-refractivity contribution in [2.24, 2.45) is 0 Å². The van der Waals surface area contributed by atoms with Crippen LogP contribution in [0.4, 0.5) is 0 Å². The number of carbonyl (C=O) groups excluding carboxylic acids is 1. The molecule has 106 valence electrons. The zero-order valence-corrected chi connectivity index (χ0v) is 11.5. The van der Waals surface area contributed by atoms with E-state index < -0.39 is 12.1 Å². The number of aliphatic hydroxyl groups excluding tert-OH is 1. The maximum atomic E-state index is 11.8. The lowest BCUT2D eigenvalue weighted by Gasteiger charge is -2.20. The summed E-state index contributed by atoms with van der Waals surface area (Å²) < 4.78 is 6.43. The van der Waals surface area contributed by atoms with Crippen LogP contribution in [-0.4, -0.2) is 50.6 Å². The van der Waals surface area contributed by atoms with E-state index in [0.717, 1.165) is 5.75 Å². The van der Waals surface area contributed by atoms with E-state index >= 15 is 0 Å². The third-order valence-corrected chi connectivity index (χ3v) is 4.54. The zero-order chi connectivity index (χ0) is 14.3. The second kappa shape index (κ2) is 4.95. The van der Waals surface area contributed by atoms with E-state index in [1.54, 1.807) is 28.7 Å². The van der Waals surface area contributed by atoms with Gasteiger partial charge in [-0.1, -0.05) is 0 Å². The predicted octanol–water partition coefficient (Wildman–Crippen LogP) is 0.112. The maximum absolute atomic E-state index is 11.8. The van der Waals surface area contributed by atoms with Gasteiger partial charge in [-0.05, 0) is 0 Å². The SMILES string of the molecule is COC(=O)c1cn([C@H]2CSC[C@@H]2O)cc2c(=O)[nH]nc1-2. The molecule has 0 aromatic rings. The maximum Gasteiger partial charge on any atom is 0.341 e. The van der Waals surface area contributed by atoms with E-state index in [4.69, 9.17) is 4.74 Å². The fraction of sp³-hybridized carbons (Fsp3) is 0.417. The number of ether oxygens (including phenoxy) is 1. The molecule has 2 N–H and O–H groups in total. The molecule has 0 saturated carbocycles. The van der Waals surface area contributed by atoms with Gasteiger partial charge in [0.1, 0.15) is 11.3 Å². The molecule has 0 aromatic heterocycles. The summed E-state index contributed by atoms with van der Waals surface area (Å²) in [6.07, 6.45) is 2.69. The standard InChI is InChI=1S/C12H13N3O4S/c1-19-12(18)7-3-15(8-4-20-5-9(8)16)2-6-10(7)13-14-11(6)17/h2-3,8-9,16H,4-5H2,1H3,(H,14,17)/t8-,9-/m0/s1. The average Bonchev–Trinajstić information content (AvgIpc) is 3.04. The van der Waals surface area contributed by atoms with Crippen molar-refractivity contribution >= 4 is 17.7 Å². The molecule has 0 spiro atoms. The number of aromatic nitrogens is 3. The van der Waals surface area contributed by atoms with Crippen LogP contribution >= 0.6 is 11.8 Å². The quantitative estimate of drug-likeness (QED) is 0.763. The molecule has 3 aliphatic rings. The summed E-state index contributed by atoms with van der Waals surface area (Å²) in [5.74, 6) is 0.805. The molecule has 20 heavy (non-hydrogen) atoms. The van der Waals surface area contributed by atoms with E-state index in [1.807, 2.05) is 0 Å². The number of methoxy groups -OCH3 is 1. The van der Waals surface area contributed by atoms with Gasteiger partial charge in [0, 0.05) is 23.9 Å². The molecular weight excluding hydrogens is 282 g/mol. The first-order valence-corrected chi connectivity index (χ1v) is 7.21. The molecule has 1 saturated heterocycles. The van der Waals surface area contributed by atoms with Crippen LogP contribution in [0.1, 0.15) is 16.4 Å². The Balaban J connectivity index is 2.18. The molecule has 3 rings (SSSR count).